The van der Waals surface area contributed by atoms with Crippen LogP contribution in [0.1, 0.15) is 56.1 Å². The van der Waals surface area contributed by atoms with Crippen LogP contribution in [0.4, 0.5) is 4.79 Å². The number of nitrogens with one attached hydrogen (secondary N) is 3. The summed E-state index contributed by atoms with van der Waals surface area (Å²) in [6, 6.07) is 6.44. The maximum atomic E-state index is 12.7. The molecule has 1 aliphatic heterocycles. The number of carbonyl (C=O) groups excluding carboxylic acids is 2. The van der Waals surface area contributed by atoms with E-state index in [4.69, 9.17) is 0 Å². The molecule has 0 spiro atoms. The molecule has 162 valence electrons. The molecule has 2 aliphatic rings. The Kier molecular flexibility index (Phi) is 6.60. The second-order valence-corrected chi connectivity index (χ2v) is 8.95. The van der Waals surface area contributed by atoms with Crippen LogP contribution in [0.25, 0.3) is 10.9 Å². The Balaban J connectivity index is 1.17. The number of aromatic amines is 1. The maximum absolute atomic E-state index is 12.7. The summed E-state index contributed by atoms with van der Waals surface area (Å²) < 4.78 is 0. The molecule has 6 nitrogen and oxygen atoms in total. The molecule has 0 bridgehead atoms. The minimum Gasteiger partial charge on any atom is -0.361 e. The van der Waals surface area contributed by atoms with Gasteiger partial charge in [-0.25, -0.2) is 4.79 Å². The Bertz CT molecular complexity index is 876. The lowest BCUT2D eigenvalue weighted by molar-refractivity contribution is -0.137. The van der Waals surface area contributed by atoms with Crippen molar-refractivity contribution in [1.29, 1.82) is 0 Å². The van der Waals surface area contributed by atoms with Gasteiger partial charge in [0.1, 0.15) is 0 Å². The second kappa shape index (κ2) is 9.54. The molecule has 2 heterocycles. The highest BCUT2D eigenvalue weighted by molar-refractivity contribution is 5.84. The zero-order valence-electron chi connectivity index (χ0n) is 18.0. The molecule has 3 amide bonds. The topological polar surface area (TPSA) is 77.2 Å². The number of hydrogen-bond donors (Lipinski definition) is 3. The standard InChI is InChI=1S/C24H34N4O2/c1-17-7-8-21-19(16-26-22(21)15-17)9-12-25-24(30)27-20-10-13-28(14-11-20)23(29)18-5-3-2-4-6-18/h7-8,15-16,18,20,26H,2-6,9-14H2,1H3,(H2,25,27,30). The predicted molar refractivity (Wildman–Crippen MR) is 119 cm³/mol. The molecule has 1 saturated carbocycles. The number of carbonyl (C=O) groups is 2. The van der Waals surface area contributed by atoms with Gasteiger partial charge in [0.2, 0.25) is 5.91 Å². The van der Waals surface area contributed by atoms with Gasteiger partial charge in [-0.1, -0.05) is 31.4 Å². The van der Waals surface area contributed by atoms with E-state index in [1.54, 1.807) is 0 Å². The van der Waals surface area contributed by atoms with Gasteiger partial charge >= 0.3 is 6.03 Å². The number of hydrogen-bond acceptors (Lipinski definition) is 2. The average molecular weight is 411 g/mol. The Morgan fingerprint density at radius 1 is 1.10 bits per heavy atom. The van der Waals surface area contributed by atoms with Crippen molar-refractivity contribution in [3.05, 3.63) is 35.5 Å². The van der Waals surface area contributed by atoms with E-state index >= 15 is 0 Å². The molecule has 3 N–H and O–H groups in total. The third-order valence-electron chi connectivity index (χ3n) is 6.70. The number of likely N-dealkylation sites (tertiary alicyclic amines) is 1. The first-order valence-corrected chi connectivity index (χ1v) is 11.5. The van der Waals surface area contributed by atoms with Crippen molar-refractivity contribution in [2.24, 2.45) is 5.92 Å². The van der Waals surface area contributed by atoms with Crippen molar-refractivity contribution in [2.75, 3.05) is 19.6 Å². The van der Waals surface area contributed by atoms with Crippen LogP contribution >= 0.6 is 0 Å². The van der Waals surface area contributed by atoms with E-state index in [0.717, 1.165) is 50.7 Å². The van der Waals surface area contributed by atoms with Crippen LogP contribution in [-0.4, -0.2) is 47.5 Å². The zero-order valence-corrected chi connectivity index (χ0v) is 18.0. The first-order chi connectivity index (χ1) is 14.6. The number of aromatic nitrogens is 1. The first-order valence-electron chi connectivity index (χ1n) is 11.5. The van der Waals surface area contributed by atoms with Crippen LogP contribution in [0.5, 0.6) is 0 Å². The molecule has 1 aromatic heterocycles. The van der Waals surface area contributed by atoms with Gasteiger partial charge < -0.3 is 20.5 Å². The number of piperidine rings is 1. The molecular formula is C24H34N4O2. The minimum absolute atomic E-state index is 0.109. The van der Waals surface area contributed by atoms with E-state index in [1.807, 2.05) is 11.1 Å². The number of rotatable bonds is 5. The van der Waals surface area contributed by atoms with Gasteiger partial charge in [0.05, 0.1) is 0 Å². The average Bonchev–Trinajstić information content (AvgIpc) is 3.16. The van der Waals surface area contributed by atoms with Gasteiger partial charge in [-0.2, -0.15) is 0 Å². The molecule has 30 heavy (non-hydrogen) atoms. The summed E-state index contributed by atoms with van der Waals surface area (Å²) >= 11 is 0. The first kappa shape index (κ1) is 20.8. The monoisotopic (exact) mass is 410 g/mol. The SMILES string of the molecule is Cc1ccc2c(CCNC(=O)NC3CCN(C(=O)C4CCCCC4)CC3)c[nH]c2c1. The number of benzene rings is 1. The fourth-order valence-corrected chi connectivity index (χ4v) is 4.91. The highest BCUT2D eigenvalue weighted by atomic mass is 16.2. The van der Waals surface area contributed by atoms with E-state index < -0.39 is 0 Å². The normalized spacial score (nSPS) is 18.5. The van der Waals surface area contributed by atoms with Crippen molar-refractivity contribution in [3.63, 3.8) is 0 Å². The summed E-state index contributed by atoms with van der Waals surface area (Å²) in [5.74, 6) is 0.575. The van der Waals surface area contributed by atoms with Gasteiger partial charge in [-0.15, -0.1) is 0 Å². The predicted octanol–water partition coefficient (Wildman–Crippen LogP) is 3.89. The molecular weight excluding hydrogens is 376 g/mol. The lowest BCUT2D eigenvalue weighted by Gasteiger charge is -2.35. The molecule has 6 heteroatoms. The molecule has 4 rings (SSSR count). The Hall–Kier alpha value is -2.50. The van der Waals surface area contributed by atoms with E-state index in [-0.39, 0.29) is 18.0 Å². The fourth-order valence-electron chi connectivity index (χ4n) is 4.91. The lowest BCUT2D eigenvalue weighted by atomic mass is 9.87. The summed E-state index contributed by atoms with van der Waals surface area (Å²) in [6.45, 7) is 4.21. The molecule has 1 aromatic carbocycles. The van der Waals surface area contributed by atoms with Crippen LogP contribution in [0, 0.1) is 12.8 Å². The largest absolute Gasteiger partial charge is 0.361 e. The Labute approximate surface area is 178 Å². The maximum Gasteiger partial charge on any atom is 0.315 e. The van der Waals surface area contributed by atoms with E-state index in [2.05, 4.69) is 40.7 Å². The van der Waals surface area contributed by atoms with Crippen LogP contribution in [0.3, 0.4) is 0 Å². The number of H-pyrrole nitrogens is 1. The van der Waals surface area contributed by atoms with Gasteiger partial charge in [-0.3, -0.25) is 4.79 Å². The quantitative estimate of drug-likeness (QED) is 0.699. The molecule has 0 unspecified atom stereocenters. The van der Waals surface area contributed by atoms with Crippen LogP contribution in [-0.2, 0) is 11.2 Å². The molecule has 2 aromatic rings. The van der Waals surface area contributed by atoms with Crippen molar-refractivity contribution < 1.29 is 9.59 Å². The van der Waals surface area contributed by atoms with Crippen LogP contribution in [0.2, 0.25) is 0 Å². The smallest absolute Gasteiger partial charge is 0.315 e. The minimum atomic E-state index is -0.109. The number of fused-ring (bicyclic) bond motifs is 1. The molecule has 1 aliphatic carbocycles. The van der Waals surface area contributed by atoms with Gasteiger partial charge in [-0.05, 0) is 56.2 Å². The molecule has 1 saturated heterocycles. The number of aryl methyl sites for hydroxylation is 1. The van der Waals surface area contributed by atoms with Crippen molar-refractivity contribution in [1.82, 2.24) is 20.5 Å². The highest BCUT2D eigenvalue weighted by Crippen LogP contribution is 2.26. The van der Waals surface area contributed by atoms with E-state index in [1.165, 1.54) is 35.8 Å². The lowest BCUT2D eigenvalue weighted by Crippen LogP contribution is -2.50. The van der Waals surface area contributed by atoms with Crippen molar-refractivity contribution in [3.8, 4) is 0 Å². The molecule has 2 fully saturated rings. The van der Waals surface area contributed by atoms with Gasteiger partial charge in [0, 0.05) is 48.7 Å². The Morgan fingerprint density at radius 2 is 1.87 bits per heavy atom. The third-order valence-corrected chi connectivity index (χ3v) is 6.70. The third kappa shape index (κ3) is 4.97. The van der Waals surface area contributed by atoms with E-state index in [9.17, 15) is 9.59 Å². The summed E-state index contributed by atoms with van der Waals surface area (Å²) in [5.41, 5.74) is 3.60. The molecule has 0 atom stereocenters. The van der Waals surface area contributed by atoms with Crippen molar-refractivity contribution in [2.45, 2.75) is 64.3 Å². The second-order valence-electron chi connectivity index (χ2n) is 8.95. The summed E-state index contributed by atoms with van der Waals surface area (Å²) in [6.07, 6.45) is 10.3. The van der Waals surface area contributed by atoms with Gasteiger partial charge in [0.15, 0.2) is 0 Å². The summed E-state index contributed by atoms with van der Waals surface area (Å²) in [5, 5.41) is 7.29. The highest BCUT2D eigenvalue weighted by Gasteiger charge is 2.29. The fraction of sp³-hybridized carbons (Fsp3) is 0.583. The molecule has 0 radical (unpaired) electrons. The van der Waals surface area contributed by atoms with E-state index in [0.29, 0.717) is 12.5 Å². The number of urea groups is 1. The van der Waals surface area contributed by atoms with Gasteiger partial charge in [0.25, 0.3) is 0 Å². The number of amides is 3. The summed E-state index contributed by atoms with van der Waals surface area (Å²) in [7, 11) is 0. The van der Waals surface area contributed by atoms with Crippen molar-refractivity contribution >= 4 is 22.8 Å². The van der Waals surface area contributed by atoms with Crippen LogP contribution < -0.4 is 10.6 Å². The summed E-state index contributed by atoms with van der Waals surface area (Å²) in [4.78, 5) is 30.3. The zero-order chi connectivity index (χ0) is 20.9. The number of nitrogens with zero attached hydrogens (tertiary/aromatic N) is 1. The van der Waals surface area contributed by atoms with Crippen LogP contribution in [0.15, 0.2) is 24.4 Å². The Morgan fingerprint density at radius 3 is 2.63 bits per heavy atom.